The lowest BCUT2D eigenvalue weighted by atomic mass is 10.1. The van der Waals surface area contributed by atoms with Gasteiger partial charge in [-0.15, -0.1) is 0 Å². The van der Waals surface area contributed by atoms with E-state index in [4.69, 9.17) is 4.74 Å². The van der Waals surface area contributed by atoms with Gasteiger partial charge in [-0.25, -0.2) is 0 Å². The molecule has 1 heterocycles. The number of ether oxygens (including phenoxy) is 1. The van der Waals surface area contributed by atoms with Crippen LogP contribution in [0.1, 0.15) is 46.2 Å². The van der Waals surface area contributed by atoms with Crippen LogP contribution in [0.2, 0.25) is 0 Å². The minimum Gasteiger partial charge on any atom is -0.489 e. The standard InChI is InChI=1S/C17H23NO2/c1-6-13-7-8-14-15(9-13)17(19)18(11(2)3)10-16(14)20-12(4)5/h7-12H,6H2,1-5H3. The summed E-state index contributed by atoms with van der Waals surface area (Å²) in [4.78, 5) is 12.6. The summed E-state index contributed by atoms with van der Waals surface area (Å²) in [5, 5.41) is 1.65. The molecular weight excluding hydrogens is 250 g/mol. The van der Waals surface area contributed by atoms with E-state index in [1.807, 2.05) is 46.0 Å². The highest BCUT2D eigenvalue weighted by molar-refractivity contribution is 5.88. The number of aromatic nitrogens is 1. The van der Waals surface area contributed by atoms with Crippen LogP contribution in [0.25, 0.3) is 10.8 Å². The maximum absolute atomic E-state index is 12.6. The van der Waals surface area contributed by atoms with Crippen molar-refractivity contribution in [3.63, 3.8) is 0 Å². The normalized spacial score (nSPS) is 11.6. The molecule has 0 fully saturated rings. The molecule has 0 amide bonds. The van der Waals surface area contributed by atoms with Crippen LogP contribution in [0.15, 0.2) is 29.2 Å². The lowest BCUT2D eigenvalue weighted by molar-refractivity contribution is 0.243. The van der Waals surface area contributed by atoms with Gasteiger partial charge in [0.25, 0.3) is 5.56 Å². The average Bonchev–Trinajstić information content (AvgIpc) is 2.40. The molecule has 0 aliphatic heterocycles. The summed E-state index contributed by atoms with van der Waals surface area (Å²) in [6.07, 6.45) is 2.84. The highest BCUT2D eigenvalue weighted by Crippen LogP contribution is 2.26. The zero-order chi connectivity index (χ0) is 14.9. The maximum atomic E-state index is 12.6. The van der Waals surface area contributed by atoms with Crippen molar-refractivity contribution in [3.8, 4) is 5.75 Å². The molecule has 2 aromatic rings. The van der Waals surface area contributed by atoms with Gasteiger partial charge in [-0.2, -0.15) is 0 Å². The zero-order valence-corrected chi connectivity index (χ0v) is 12.9. The van der Waals surface area contributed by atoms with E-state index < -0.39 is 0 Å². The fourth-order valence-corrected chi connectivity index (χ4v) is 2.33. The molecule has 0 aliphatic rings. The molecule has 0 saturated carbocycles. The highest BCUT2D eigenvalue weighted by Gasteiger charge is 2.13. The van der Waals surface area contributed by atoms with Gasteiger partial charge in [-0.05, 0) is 45.7 Å². The molecule has 0 N–H and O–H groups in total. The lowest BCUT2D eigenvalue weighted by Gasteiger charge is -2.17. The van der Waals surface area contributed by atoms with Crippen LogP contribution in [0.5, 0.6) is 5.75 Å². The molecule has 0 spiro atoms. The molecular formula is C17H23NO2. The molecule has 0 aliphatic carbocycles. The minimum absolute atomic E-state index is 0.0569. The summed E-state index contributed by atoms with van der Waals surface area (Å²) in [5.41, 5.74) is 1.23. The Bertz CT molecular complexity index is 668. The first-order chi connectivity index (χ1) is 9.43. The fourth-order valence-electron chi connectivity index (χ4n) is 2.33. The van der Waals surface area contributed by atoms with Gasteiger partial charge in [0.05, 0.1) is 17.7 Å². The second-order valence-electron chi connectivity index (χ2n) is 5.70. The van der Waals surface area contributed by atoms with Crippen LogP contribution < -0.4 is 10.3 Å². The second kappa shape index (κ2) is 5.70. The highest BCUT2D eigenvalue weighted by atomic mass is 16.5. The number of nitrogens with zero attached hydrogens (tertiary/aromatic N) is 1. The molecule has 2 rings (SSSR count). The summed E-state index contributed by atoms with van der Waals surface area (Å²) in [5.74, 6) is 0.783. The first-order valence-electron chi connectivity index (χ1n) is 7.28. The van der Waals surface area contributed by atoms with E-state index in [2.05, 4.69) is 13.0 Å². The van der Waals surface area contributed by atoms with Crippen LogP contribution in [0.3, 0.4) is 0 Å². The smallest absolute Gasteiger partial charge is 0.258 e. The van der Waals surface area contributed by atoms with E-state index in [1.54, 1.807) is 4.57 Å². The first-order valence-corrected chi connectivity index (χ1v) is 7.28. The van der Waals surface area contributed by atoms with Gasteiger partial charge in [0.15, 0.2) is 0 Å². The quantitative estimate of drug-likeness (QED) is 0.845. The fraction of sp³-hybridized carbons (Fsp3) is 0.471. The zero-order valence-electron chi connectivity index (χ0n) is 12.9. The topological polar surface area (TPSA) is 31.2 Å². The molecule has 0 saturated heterocycles. The third kappa shape index (κ3) is 2.72. The number of hydrogen-bond acceptors (Lipinski definition) is 2. The van der Waals surface area contributed by atoms with Crippen molar-refractivity contribution < 1.29 is 4.74 Å². The van der Waals surface area contributed by atoms with Crippen molar-refractivity contribution in [2.45, 2.75) is 53.2 Å². The minimum atomic E-state index is 0.0569. The Morgan fingerprint density at radius 2 is 1.85 bits per heavy atom. The molecule has 0 bridgehead atoms. The summed E-state index contributed by atoms with van der Waals surface area (Å²) < 4.78 is 7.64. The molecule has 0 radical (unpaired) electrons. The molecule has 108 valence electrons. The summed E-state index contributed by atoms with van der Waals surface area (Å²) in [7, 11) is 0. The van der Waals surface area contributed by atoms with Gasteiger partial charge in [-0.3, -0.25) is 4.79 Å². The van der Waals surface area contributed by atoms with Crippen molar-refractivity contribution in [1.29, 1.82) is 0 Å². The number of hydrogen-bond donors (Lipinski definition) is 0. The summed E-state index contributed by atoms with van der Waals surface area (Å²) in [6.45, 7) is 10.1. The van der Waals surface area contributed by atoms with Crippen molar-refractivity contribution >= 4 is 10.8 Å². The maximum Gasteiger partial charge on any atom is 0.258 e. The lowest BCUT2D eigenvalue weighted by Crippen LogP contribution is -2.22. The van der Waals surface area contributed by atoms with Crippen LogP contribution in [0.4, 0.5) is 0 Å². The predicted molar refractivity (Wildman–Crippen MR) is 83.7 cm³/mol. The van der Waals surface area contributed by atoms with Crippen molar-refractivity contribution in [2.24, 2.45) is 0 Å². The van der Waals surface area contributed by atoms with Crippen LogP contribution in [-0.2, 0) is 6.42 Å². The third-order valence-corrected chi connectivity index (χ3v) is 3.40. The largest absolute Gasteiger partial charge is 0.489 e. The molecule has 3 nitrogen and oxygen atoms in total. The Hall–Kier alpha value is -1.77. The SMILES string of the molecule is CCc1ccc2c(OC(C)C)cn(C(C)C)c(=O)c2c1. The monoisotopic (exact) mass is 273 g/mol. The summed E-state index contributed by atoms with van der Waals surface area (Å²) in [6, 6.07) is 6.17. The number of pyridine rings is 1. The molecule has 1 aromatic heterocycles. The Kier molecular flexibility index (Phi) is 4.17. The van der Waals surface area contributed by atoms with Crippen molar-refractivity contribution in [2.75, 3.05) is 0 Å². The van der Waals surface area contributed by atoms with Crippen LogP contribution in [0, 0.1) is 0 Å². The van der Waals surface area contributed by atoms with E-state index in [9.17, 15) is 4.79 Å². The van der Waals surface area contributed by atoms with E-state index in [1.165, 1.54) is 5.56 Å². The van der Waals surface area contributed by atoms with Gasteiger partial charge in [0.1, 0.15) is 5.75 Å². The molecule has 0 atom stereocenters. The van der Waals surface area contributed by atoms with Gasteiger partial charge >= 0.3 is 0 Å². The second-order valence-corrected chi connectivity index (χ2v) is 5.70. The van der Waals surface area contributed by atoms with Crippen molar-refractivity contribution in [1.82, 2.24) is 4.57 Å². The average molecular weight is 273 g/mol. The van der Waals surface area contributed by atoms with Gasteiger partial charge in [0.2, 0.25) is 0 Å². The number of aryl methyl sites for hydroxylation is 1. The van der Waals surface area contributed by atoms with Crippen LogP contribution in [-0.4, -0.2) is 10.7 Å². The molecule has 20 heavy (non-hydrogen) atoms. The summed E-state index contributed by atoms with van der Waals surface area (Å²) >= 11 is 0. The van der Waals surface area contributed by atoms with Crippen molar-refractivity contribution in [3.05, 3.63) is 40.3 Å². The van der Waals surface area contributed by atoms with Gasteiger partial charge in [0, 0.05) is 11.4 Å². The van der Waals surface area contributed by atoms with E-state index in [0.717, 1.165) is 22.9 Å². The Balaban J connectivity index is 2.78. The van der Waals surface area contributed by atoms with E-state index >= 15 is 0 Å². The number of fused-ring (bicyclic) bond motifs is 1. The Morgan fingerprint density at radius 1 is 1.15 bits per heavy atom. The first kappa shape index (κ1) is 14.6. The number of benzene rings is 1. The number of rotatable bonds is 4. The van der Waals surface area contributed by atoms with Gasteiger partial charge in [-0.1, -0.05) is 19.1 Å². The molecule has 3 heteroatoms. The van der Waals surface area contributed by atoms with E-state index in [0.29, 0.717) is 0 Å². The Morgan fingerprint density at radius 3 is 2.40 bits per heavy atom. The Labute approximate surface area is 120 Å². The van der Waals surface area contributed by atoms with Crippen LogP contribution >= 0.6 is 0 Å². The predicted octanol–water partition coefficient (Wildman–Crippen LogP) is 3.93. The molecule has 0 unspecified atom stereocenters. The van der Waals surface area contributed by atoms with Gasteiger partial charge < -0.3 is 9.30 Å². The molecule has 1 aromatic carbocycles. The third-order valence-electron chi connectivity index (χ3n) is 3.40. The van der Waals surface area contributed by atoms with E-state index in [-0.39, 0.29) is 17.7 Å².